The third kappa shape index (κ3) is 5.57. The number of anilines is 1. The van der Waals surface area contributed by atoms with Gasteiger partial charge in [-0.3, -0.25) is 9.69 Å². The number of benzene rings is 2. The van der Waals surface area contributed by atoms with E-state index >= 15 is 0 Å². The molecule has 0 spiro atoms. The van der Waals surface area contributed by atoms with Crippen LogP contribution < -0.4 is 10.1 Å². The van der Waals surface area contributed by atoms with Gasteiger partial charge in [-0.25, -0.2) is 0 Å². The lowest BCUT2D eigenvalue weighted by Crippen LogP contribution is -2.37. The Labute approximate surface area is 162 Å². The minimum absolute atomic E-state index is 0.0989. The SMILES string of the molecule is CCOc1cccc(CN2CCC(C(=O)Nc3ccc(CC)cc3)CC2)c1. The van der Waals surface area contributed by atoms with Gasteiger partial charge in [0.25, 0.3) is 0 Å². The van der Waals surface area contributed by atoms with E-state index in [9.17, 15) is 4.79 Å². The molecule has 2 aromatic rings. The van der Waals surface area contributed by atoms with Crippen LogP contribution in [-0.2, 0) is 17.8 Å². The Morgan fingerprint density at radius 2 is 1.81 bits per heavy atom. The highest BCUT2D eigenvalue weighted by Gasteiger charge is 2.25. The number of carbonyl (C=O) groups is 1. The molecule has 0 aliphatic carbocycles. The van der Waals surface area contributed by atoms with E-state index in [2.05, 4.69) is 41.4 Å². The van der Waals surface area contributed by atoms with Gasteiger partial charge in [0.1, 0.15) is 5.75 Å². The number of piperidine rings is 1. The summed E-state index contributed by atoms with van der Waals surface area (Å²) in [6.45, 7) is 7.63. The first-order valence-corrected chi connectivity index (χ1v) is 10.0. The fourth-order valence-corrected chi connectivity index (χ4v) is 3.58. The van der Waals surface area contributed by atoms with Crippen molar-refractivity contribution >= 4 is 11.6 Å². The first-order chi connectivity index (χ1) is 13.2. The minimum Gasteiger partial charge on any atom is -0.494 e. The summed E-state index contributed by atoms with van der Waals surface area (Å²) in [6, 6.07) is 16.4. The van der Waals surface area contributed by atoms with Crippen molar-refractivity contribution in [3.8, 4) is 5.75 Å². The summed E-state index contributed by atoms with van der Waals surface area (Å²) >= 11 is 0. The van der Waals surface area contributed by atoms with E-state index in [0.717, 1.165) is 50.3 Å². The first-order valence-electron chi connectivity index (χ1n) is 10.0. The molecule has 4 nitrogen and oxygen atoms in total. The Balaban J connectivity index is 1.47. The van der Waals surface area contributed by atoms with Gasteiger partial charge in [0, 0.05) is 18.2 Å². The normalized spacial score (nSPS) is 15.5. The molecule has 1 aliphatic rings. The van der Waals surface area contributed by atoms with E-state index in [1.54, 1.807) is 0 Å². The van der Waals surface area contributed by atoms with Crippen LogP contribution in [-0.4, -0.2) is 30.5 Å². The highest BCUT2D eigenvalue weighted by atomic mass is 16.5. The van der Waals surface area contributed by atoms with Crippen LogP contribution in [0.2, 0.25) is 0 Å². The van der Waals surface area contributed by atoms with Gasteiger partial charge in [0.05, 0.1) is 6.61 Å². The Bertz CT molecular complexity index is 734. The van der Waals surface area contributed by atoms with Crippen LogP contribution in [0.25, 0.3) is 0 Å². The summed E-state index contributed by atoms with van der Waals surface area (Å²) in [5.74, 6) is 1.18. The van der Waals surface area contributed by atoms with Gasteiger partial charge >= 0.3 is 0 Å². The number of amides is 1. The maximum absolute atomic E-state index is 12.6. The summed E-state index contributed by atoms with van der Waals surface area (Å²) in [5, 5.41) is 3.07. The number of hydrogen-bond donors (Lipinski definition) is 1. The molecule has 2 aromatic carbocycles. The number of ether oxygens (including phenoxy) is 1. The molecule has 1 heterocycles. The topological polar surface area (TPSA) is 41.6 Å². The van der Waals surface area contributed by atoms with Gasteiger partial charge < -0.3 is 10.1 Å². The van der Waals surface area contributed by atoms with Gasteiger partial charge in [-0.1, -0.05) is 31.2 Å². The van der Waals surface area contributed by atoms with Crippen LogP contribution in [0.15, 0.2) is 48.5 Å². The second-order valence-electron chi connectivity index (χ2n) is 7.17. The van der Waals surface area contributed by atoms with Crippen LogP contribution in [0.5, 0.6) is 5.75 Å². The molecule has 3 rings (SSSR count). The quantitative estimate of drug-likeness (QED) is 0.784. The second-order valence-corrected chi connectivity index (χ2v) is 7.17. The molecule has 27 heavy (non-hydrogen) atoms. The third-order valence-corrected chi connectivity index (χ3v) is 5.20. The minimum atomic E-state index is 0.0989. The Morgan fingerprint density at radius 3 is 2.48 bits per heavy atom. The van der Waals surface area contributed by atoms with Crippen molar-refractivity contribution in [2.45, 2.75) is 39.7 Å². The fourth-order valence-electron chi connectivity index (χ4n) is 3.58. The highest BCUT2D eigenvalue weighted by molar-refractivity contribution is 5.92. The summed E-state index contributed by atoms with van der Waals surface area (Å²) in [5.41, 5.74) is 3.45. The average Bonchev–Trinajstić information content (AvgIpc) is 2.70. The molecule has 1 aliphatic heterocycles. The molecule has 1 fully saturated rings. The van der Waals surface area contributed by atoms with Crippen molar-refractivity contribution in [2.75, 3.05) is 25.0 Å². The van der Waals surface area contributed by atoms with Crippen molar-refractivity contribution in [3.05, 3.63) is 59.7 Å². The Kier molecular flexibility index (Phi) is 6.88. The van der Waals surface area contributed by atoms with Crippen molar-refractivity contribution in [3.63, 3.8) is 0 Å². The number of likely N-dealkylation sites (tertiary alicyclic amines) is 1. The van der Waals surface area contributed by atoms with Crippen LogP contribution >= 0.6 is 0 Å². The Hall–Kier alpha value is -2.33. The van der Waals surface area contributed by atoms with Crippen molar-refractivity contribution in [1.29, 1.82) is 0 Å². The molecule has 1 saturated heterocycles. The second kappa shape index (κ2) is 9.56. The van der Waals surface area contributed by atoms with E-state index in [1.165, 1.54) is 11.1 Å². The number of nitrogens with one attached hydrogen (secondary N) is 1. The van der Waals surface area contributed by atoms with Gasteiger partial charge in [-0.2, -0.15) is 0 Å². The number of nitrogens with zero attached hydrogens (tertiary/aromatic N) is 1. The number of hydrogen-bond acceptors (Lipinski definition) is 3. The molecule has 0 aromatic heterocycles. The molecular weight excluding hydrogens is 336 g/mol. The van der Waals surface area contributed by atoms with Gasteiger partial charge in [-0.15, -0.1) is 0 Å². The zero-order chi connectivity index (χ0) is 19.1. The van der Waals surface area contributed by atoms with Crippen LogP contribution in [0.4, 0.5) is 5.69 Å². The molecular formula is C23H30N2O2. The summed E-state index contributed by atoms with van der Waals surface area (Å²) in [6.07, 6.45) is 2.83. The molecule has 0 radical (unpaired) electrons. The zero-order valence-corrected chi connectivity index (χ0v) is 16.4. The summed E-state index contributed by atoms with van der Waals surface area (Å²) in [4.78, 5) is 15.0. The van der Waals surface area contributed by atoms with Gasteiger partial charge in [-0.05, 0) is 74.7 Å². The lowest BCUT2D eigenvalue weighted by molar-refractivity contribution is -0.121. The lowest BCUT2D eigenvalue weighted by Gasteiger charge is -2.31. The molecule has 0 unspecified atom stereocenters. The number of carbonyl (C=O) groups excluding carboxylic acids is 1. The summed E-state index contributed by atoms with van der Waals surface area (Å²) in [7, 11) is 0. The van der Waals surface area contributed by atoms with Crippen molar-refractivity contribution in [2.24, 2.45) is 5.92 Å². The number of rotatable bonds is 7. The zero-order valence-electron chi connectivity index (χ0n) is 16.4. The highest BCUT2D eigenvalue weighted by Crippen LogP contribution is 2.22. The first kappa shape index (κ1) is 19.4. The van der Waals surface area contributed by atoms with Crippen LogP contribution in [0.3, 0.4) is 0 Å². The third-order valence-electron chi connectivity index (χ3n) is 5.20. The fraction of sp³-hybridized carbons (Fsp3) is 0.435. The van der Waals surface area contributed by atoms with E-state index in [-0.39, 0.29) is 11.8 Å². The van der Waals surface area contributed by atoms with E-state index in [0.29, 0.717) is 6.61 Å². The maximum Gasteiger partial charge on any atom is 0.227 e. The molecule has 0 saturated carbocycles. The van der Waals surface area contributed by atoms with Crippen LogP contribution in [0, 0.1) is 5.92 Å². The molecule has 1 amide bonds. The number of aryl methyl sites for hydroxylation is 1. The average molecular weight is 367 g/mol. The smallest absolute Gasteiger partial charge is 0.227 e. The van der Waals surface area contributed by atoms with Gasteiger partial charge in [0.15, 0.2) is 0 Å². The Morgan fingerprint density at radius 1 is 1.07 bits per heavy atom. The lowest BCUT2D eigenvalue weighted by atomic mass is 9.95. The molecule has 0 atom stereocenters. The largest absolute Gasteiger partial charge is 0.494 e. The molecule has 0 bridgehead atoms. The van der Waals surface area contributed by atoms with E-state index < -0.39 is 0 Å². The van der Waals surface area contributed by atoms with Crippen LogP contribution in [0.1, 0.15) is 37.8 Å². The van der Waals surface area contributed by atoms with Gasteiger partial charge in [0.2, 0.25) is 5.91 Å². The van der Waals surface area contributed by atoms with E-state index in [4.69, 9.17) is 4.74 Å². The standard InChI is InChI=1S/C23H30N2O2/c1-3-18-8-10-21(11-9-18)24-23(26)20-12-14-25(15-13-20)17-19-6-5-7-22(16-19)27-4-2/h5-11,16,20H,3-4,12-15,17H2,1-2H3,(H,24,26). The molecule has 4 heteroatoms. The van der Waals surface area contributed by atoms with Crippen molar-refractivity contribution < 1.29 is 9.53 Å². The predicted octanol–water partition coefficient (Wildman–Crippen LogP) is 4.50. The monoisotopic (exact) mass is 366 g/mol. The molecule has 144 valence electrons. The predicted molar refractivity (Wildman–Crippen MR) is 110 cm³/mol. The molecule has 1 N–H and O–H groups in total. The van der Waals surface area contributed by atoms with Crippen molar-refractivity contribution in [1.82, 2.24) is 4.90 Å². The maximum atomic E-state index is 12.6. The van der Waals surface area contributed by atoms with E-state index in [1.807, 2.05) is 31.2 Å². The summed E-state index contributed by atoms with van der Waals surface area (Å²) < 4.78 is 5.58.